The Kier molecular flexibility index (Phi) is 6.32. The van der Waals surface area contributed by atoms with Crippen molar-refractivity contribution in [2.24, 2.45) is 10.7 Å². The normalized spacial score (nSPS) is 12.8. The topological polar surface area (TPSA) is 58.6 Å². The number of aliphatic imine (C=N–C) groups is 1. The lowest BCUT2D eigenvalue weighted by Gasteiger charge is -1.88. The molecule has 4 heteroatoms. The fraction of sp³-hybridized carbons (Fsp3) is 0.500. The van der Waals surface area contributed by atoms with E-state index in [0.717, 1.165) is 6.42 Å². The van der Waals surface area contributed by atoms with Crippen LogP contribution in [0.25, 0.3) is 0 Å². The van der Waals surface area contributed by atoms with Crippen LogP contribution in [0.5, 0.6) is 0 Å². The zero-order chi connectivity index (χ0) is 7.82. The Labute approximate surface area is 65.2 Å². The first-order chi connectivity index (χ1) is 4.81. The van der Waals surface area contributed by atoms with Gasteiger partial charge in [0.05, 0.1) is 18.6 Å². The van der Waals surface area contributed by atoms with Gasteiger partial charge in [-0.1, -0.05) is 19.1 Å². The van der Waals surface area contributed by atoms with Crippen molar-refractivity contribution in [3.63, 3.8) is 0 Å². The number of hydrogen-bond acceptors (Lipinski definition) is 3. The summed E-state index contributed by atoms with van der Waals surface area (Å²) in [5.74, 6) is 0. The van der Waals surface area contributed by atoms with Crippen LogP contribution >= 0.6 is 12.0 Å². The van der Waals surface area contributed by atoms with Gasteiger partial charge in [0.1, 0.15) is 0 Å². The van der Waals surface area contributed by atoms with E-state index < -0.39 is 0 Å². The van der Waals surface area contributed by atoms with Crippen LogP contribution in [-0.4, -0.2) is 16.3 Å². The molecule has 0 atom stereocenters. The van der Waals surface area contributed by atoms with E-state index in [1.54, 1.807) is 0 Å². The van der Waals surface area contributed by atoms with Crippen LogP contribution in [0.15, 0.2) is 17.1 Å². The average Bonchev–Trinajstić information content (AvgIpc) is 1.98. The zero-order valence-electron chi connectivity index (χ0n) is 5.95. The maximum atomic E-state index is 8.33. The van der Waals surface area contributed by atoms with Crippen LogP contribution in [0.1, 0.15) is 13.3 Å². The second kappa shape index (κ2) is 6.64. The number of nitrogens with zero attached hydrogens (tertiary/aromatic N) is 1. The molecule has 0 spiro atoms. The molecule has 10 heavy (non-hydrogen) atoms. The van der Waals surface area contributed by atoms with Gasteiger partial charge in [0.25, 0.3) is 0 Å². The second-order valence-electron chi connectivity index (χ2n) is 1.65. The van der Waals surface area contributed by atoms with Crippen LogP contribution in [0.4, 0.5) is 0 Å². The highest BCUT2D eigenvalue weighted by Crippen LogP contribution is 1.90. The van der Waals surface area contributed by atoms with Gasteiger partial charge in [-0.25, -0.2) is 0 Å². The van der Waals surface area contributed by atoms with Gasteiger partial charge < -0.3 is 10.3 Å². The number of hydrogen-bond donors (Lipinski definition) is 2. The summed E-state index contributed by atoms with van der Waals surface area (Å²) in [4.78, 5) is 3.80. The molecule has 0 radical (unpaired) electrons. The van der Waals surface area contributed by atoms with Crippen LogP contribution in [-0.2, 0) is 0 Å². The molecular formula is C6H12N2OS. The van der Waals surface area contributed by atoms with Crippen LogP contribution in [0, 0.1) is 0 Å². The molecule has 0 rings (SSSR count). The first-order valence-electron chi connectivity index (χ1n) is 3.07. The predicted octanol–water partition coefficient (Wildman–Crippen LogP) is 1.47. The minimum atomic E-state index is 0.209. The monoisotopic (exact) mass is 160 g/mol. The van der Waals surface area contributed by atoms with E-state index in [9.17, 15) is 0 Å². The molecule has 0 amide bonds. The molecule has 0 aromatic carbocycles. The summed E-state index contributed by atoms with van der Waals surface area (Å²) in [5, 5.41) is 0.209. The van der Waals surface area contributed by atoms with Gasteiger partial charge in [0, 0.05) is 0 Å². The van der Waals surface area contributed by atoms with Gasteiger partial charge in [-0.3, -0.25) is 4.99 Å². The largest absolute Gasteiger partial charge is 0.377 e. The predicted molar refractivity (Wildman–Crippen MR) is 46.1 cm³/mol. The third kappa shape index (κ3) is 5.65. The standard InChI is InChI=1S/C6H12N2OS/c1-2-3-4-5-8-6(7)10-9/h3-4,9H,2,5H2,1H3,(H2,7,8)/b4-3-. The van der Waals surface area contributed by atoms with Crippen molar-refractivity contribution >= 4 is 17.2 Å². The highest BCUT2D eigenvalue weighted by molar-refractivity contribution is 8.08. The third-order valence-corrected chi connectivity index (χ3v) is 1.16. The summed E-state index contributed by atoms with van der Waals surface area (Å²) in [6.07, 6.45) is 4.91. The molecule has 0 unspecified atom stereocenters. The van der Waals surface area contributed by atoms with Crippen molar-refractivity contribution in [1.82, 2.24) is 0 Å². The molecule has 0 aromatic heterocycles. The first kappa shape index (κ1) is 9.52. The minimum Gasteiger partial charge on any atom is -0.377 e. The molecule has 0 aliphatic heterocycles. The molecule has 0 aliphatic carbocycles. The van der Waals surface area contributed by atoms with Gasteiger partial charge in [-0.15, -0.1) is 0 Å². The van der Waals surface area contributed by atoms with E-state index in [1.807, 2.05) is 19.1 Å². The SMILES string of the molecule is CC/C=C\C/N=C(/N)SO. The van der Waals surface area contributed by atoms with Gasteiger partial charge in [-0.05, 0) is 6.42 Å². The number of amidine groups is 1. The number of nitrogens with two attached hydrogens (primary N) is 1. The highest BCUT2D eigenvalue weighted by atomic mass is 32.2. The summed E-state index contributed by atoms with van der Waals surface area (Å²) in [6.45, 7) is 2.59. The van der Waals surface area contributed by atoms with Crippen molar-refractivity contribution in [1.29, 1.82) is 0 Å². The fourth-order valence-electron chi connectivity index (χ4n) is 0.413. The van der Waals surface area contributed by atoms with Gasteiger partial charge in [0.15, 0.2) is 5.17 Å². The van der Waals surface area contributed by atoms with Crippen LogP contribution in [0.3, 0.4) is 0 Å². The molecule has 58 valence electrons. The zero-order valence-corrected chi connectivity index (χ0v) is 6.77. The smallest absolute Gasteiger partial charge is 0.181 e. The average molecular weight is 160 g/mol. The van der Waals surface area contributed by atoms with Gasteiger partial charge >= 0.3 is 0 Å². The molecular weight excluding hydrogens is 148 g/mol. The van der Waals surface area contributed by atoms with Crippen molar-refractivity contribution in [2.75, 3.05) is 6.54 Å². The van der Waals surface area contributed by atoms with Crippen LogP contribution in [0.2, 0.25) is 0 Å². The summed E-state index contributed by atoms with van der Waals surface area (Å²) in [6, 6.07) is 0. The molecule has 0 aliphatic rings. The molecule has 3 nitrogen and oxygen atoms in total. The Balaban J connectivity index is 3.42. The Morgan fingerprint density at radius 2 is 2.40 bits per heavy atom. The Hall–Kier alpha value is -0.480. The molecule has 0 saturated heterocycles. The molecule has 3 N–H and O–H groups in total. The molecule has 0 fully saturated rings. The lowest BCUT2D eigenvalue weighted by atomic mass is 10.4. The van der Waals surface area contributed by atoms with E-state index in [2.05, 4.69) is 4.99 Å². The maximum Gasteiger partial charge on any atom is 0.181 e. The summed E-state index contributed by atoms with van der Waals surface area (Å²) in [5.41, 5.74) is 5.18. The van der Waals surface area contributed by atoms with E-state index in [0.29, 0.717) is 18.6 Å². The van der Waals surface area contributed by atoms with Crippen molar-refractivity contribution in [3.05, 3.63) is 12.2 Å². The number of rotatable bonds is 3. The first-order valence-corrected chi connectivity index (χ1v) is 3.85. The molecule has 0 saturated carbocycles. The van der Waals surface area contributed by atoms with E-state index in [1.165, 1.54) is 0 Å². The van der Waals surface area contributed by atoms with Crippen molar-refractivity contribution in [2.45, 2.75) is 13.3 Å². The summed E-state index contributed by atoms with van der Waals surface area (Å²) >= 11 is 0.477. The third-order valence-electron chi connectivity index (χ3n) is 0.848. The minimum absolute atomic E-state index is 0.209. The molecule has 0 aromatic rings. The quantitative estimate of drug-likeness (QED) is 0.284. The van der Waals surface area contributed by atoms with Crippen molar-refractivity contribution in [3.8, 4) is 0 Å². The Bertz CT molecular complexity index is 134. The summed E-state index contributed by atoms with van der Waals surface area (Å²) in [7, 11) is 0. The fourth-order valence-corrected chi connectivity index (χ4v) is 0.545. The van der Waals surface area contributed by atoms with E-state index in [-0.39, 0.29) is 5.17 Å². The Morgan fingerprint density at radius 1 is 1.70 bits per heavy atom. The Morgan fingerprint density at radius 3 is 2.90 bits per heavy atom. The molecule has 0 heterocycles. The molecule has 0 bridgehead atoms. The number of allylic oxidation sites excluding steroid dienone is 1. The summed E-state index contributed by atoms with van der Waals surface area (Å²) < 4.78 is 8.33. The lowest BCUT2D eigenvalue weighted by Crippen LogP contribution is -2.05. The second-order valence-corrected chi connectivity index (χ2v) is 2.25. The highest BCUT2D eigenvalue weighted by Gasteiger charge is 1.83. The maximum absolute atomic E-state index is 8.33. The van der Waals surface area contributed by atoms with E-state index in [4.69, 9.17) is 10.3 Å². The van der Waals surface area contributed by atoms with Gasteiger partial charge in [0.2, 0.25) is 0 Å². The van der Waals surface area contributed by atoms with Crippen LogP contribution < -0.4 is 5.73 Å². The lowest BCUT2D eigenvalue weighted by molar-refractivity contribution is 0.673. The van der Waals surface area contributed by atoms with E-state index >= 15 is 0 Å². The van der Waals surface area contributed by atoms with Gasteiger partial charge in [-0.2, -0.15) is 0 Å². The van der Waals surface area contributed by atoms with Crippen molar-refractivity contribution < 1.29 is 4.55 Å².